The smallest absolute Gasteiger partial charge is 0.0326 e. The largest absolute Gasteiger partial charge is 0.399 e. The summed E-state index contributed by atoms with van der Waals surface area (Å²) in [7, 11) is 0. The molecule has 0 heterocycles. The first-order valence-electron chi connectivity index (χ1n) is 7.59. The third-order valence-electron chi connectivity index (χ3n) is 4.70. The lowest BCUT2D eigenvalue weighted by Crippen LogP contribution is -1.90. The van der Waals surface area contributed by atoms with Crippen LogP contribution in [0, 0.1) is 6.92 Å². The Morgan fingerprint density at radius 3 is 1.91 bits per heavy atom. The zero-order valence-corrected chi connectivity index (χ0v) is 12.4. The molecule has 0 amide bonds. The van der Waals surface area contributed by atoms with Crippen LogP contribution < -0.4 is 5.73 Å². The maximum atomic E-state index is 6.15. The average molecular weight is 281 g/mol. The van der Waals surface area contributed by atoms with Gasteiger partial charge in [-0.3, -0.25) is 0 Å². The molecule has 0 saturated heterocycles. The molecule has 0 aliphatic carbocycles. The number of nitrogen functional groups attached to an aromatic ring is 1. The Kier molecular flexibility index (Phi) is 2.09. The summed E-state index contributed by atoms with van der Waals surface area (Å²) in [5.41, 5.74) is 8.27. The molecule has 0 aliphatic rings. The van der Waals surface area contributed by atoms with Crippen molar-refractivity contribution in [2.75, 3.05) is 5.73 Å². The standard InChI is InChI=1S/C21H15N/c1-12-8-13-4-2-7-17-19-11-15(22)10-14-5-3-6-16(21(14)19)18(9-12)20(13)17/h2-11H,22H2,1H3. The van der Waals surface area contributed by atoms with E-state index < -0.39 is 0 Å². The molecule has 1 heteroatoms. The first kappa shape index (κ1) is 11.8. The number of rotatable bonds is 0. The van der Waals surface area contributed by atoms with E-state index >= 15 is 0 Å². The zero-order chi connectivity index (χ0) is 14.8. The highest BCUT2D eigenvalue weighted by Gasteiger charge is 2.13. The molecule has 0 radical (unpaired) electrons. The van der Waals surface area contributed by atoms with Crippen LogP contribution in [0.25, 0.3) is 43.1 Å². The molecule has 104 valence electrons. The predicted octanol–water partition coefficient (Wildman–Crippen LogP) is 5.63. The van der Waals surface area contributed by atoms with Gasteiger partial charge in [0.1, 0.15) is 0 Å². The van der Waals surface area contributed by atoms with Crippen molar-refractivity contribution in [3.05, 3.63) is 66.2 Å². The molecule has 5 aromatic carbocycles. The molecule has 1 nitrogen and oxygen atoms in total. The van der Waals surface area contributed by atoms with Crippen LogP contribution in [-0.2, 0) is 0 Å². The van der Waals surface area contributed by atoms with E-state index in [9.17, 15) is 0 Å². The fraction of sp³-hybridized carbons (Fsp3) is 0.0476. The van der Waals surface area contributed by atoms with Gasteiger partial charge in [-0.15, -0.1) is 0 Å². The van der Waals surface area contributed by atoms with Gasteiger partial charge in [0, 0.05) is 5.69 Å². The quantitative estimate of drug-likeness (QED) is 0.222. The molecule has 0 bridgehead atoms. The molecule has 5 aromatic rings. The second kappa shape index (κ2) is 3.89. The lowest BCUT2D eigenvalue weighted by atomic mass is 9.89. The number of benzene rings is 5. The van der Waals surface area contributed by atoms with Gasteiger partial charge in [-0.25, -0.2) is 0 Å². The van der Waals surface area contributed by atoms with Crippen LogP contribution in [0.5, 0.6) is 0 Å². The second-order valence-corrected chi connectivity index (χ2v) is 6.19. The van der Waals surface area contributed by atoms with Gasteiger partial charge in [-0.05, 0) is 67.7 Å². The molecule has 22 heavy (non-hydrogen) atoms. The number of fused-ring (bicyclic) bond motifs is 2. The van der Waals surface area contributed by atoms with E-state index in [2.05, 4.69) is 67.6 Å². The van der Waals surface area contributed by atoms with Gasteiger partial charge >= 0.3 is 0 Å². The Labute approximate surface area is 128 Å². The van der Waals surface area contributed by atoms with Crippen LogP contribution in [0.1, 0.15) is 5.56 Å². The number of anilines is 1. The van der Waals surface area contributed by atoms with Crippen LogP contribution >= 0.6 is 0 Å². The van der Waals surface area contributed by atoms with E-state index in [4.69, 9.17) is 5.73 Å². The third-order valence-corrected chi connectivity index (χ3v) is 4.70. The van der Waals surface area contributed by atoms with Gasteiger partial charge < -0.3 is 5.73 Å². The number of hydrogen-bond donors (Lipinski definition) is 1. The summed E-state index contributed by atoms with van der Waals surface area (Å²) in [6.07, 6.45) is 0. The van der Waals surface area contributed by atoms with E-state index in [1.165, 1.54) is 48.7 Å². The maximum absolute atomic E-state index is 6.15. The van der Waals surface area contributed by atoms with E-state index in [0.29, 0.717) is 0 Å². The second-order valence-electron chi connectivity index (χ2n) is 6.19. The summed E-state index contributed by atoms with van der Waals surface area (Å²) >= 11 is 0. The fourth-order valence-electron chi connectivity index (χ4n) is 3.90. The van der Waals surface area contributed by atoms with Gasteiger partial charge in [-0.1, -0.05) is 48.5 Å². The Balaban J connectivity index is 2.28. The third kappa shape index (κ3) is 1.38. The zero-order valence-electron chi connectivity index (χ0n) is 12.4. The summed E-state index contributed by atoms with van der Waals surface area (Å²) in [5, 5.41) is 10.4. The van der Waals surface area contributed by atoms with Gasteiger partial charge in [-0.2, -0.15) is 0 Å². The molecule has 5 rings (SSSR count). The van der Waals surface area contributed by atoms with Gasteiger partial charge in [0.25, 0.3) is 0 Å². The van der Waals surface area contributed by atoms with Crippen LogP contribution in [0.2, 0.25) is 0 Å². The van der Waals surface area contributed by atoms with Gasteiger partial charge in [0.05, 0.1) is 0 Å². The average Bonchev–Trinajstić information content (AvgIpc) is 2.51. The first-order valence-corrected chi connectivity index (χ1v) is 7.59. The van der Waals surface area contributed by atoms with Crippen LogP contribution in [-0.4, -0.2) is 0 Å². The van der Waals surface area contributed by atoms with Crippen molar-refractivity contribution < 1.29 is 0 Å². The normalized spacial score (nSPS) is 12.0. The van der Waals surface area contributed by atoms with Crippen molar-refractivity contribution in [1.29, 1.82) is 0 Å². The summed E-state index contributed by atoms with van der Waals surface area (Å²) in [4.78, 5) is 0. The fourth-order valence-corrected chi connectivity index (χ4v) is 3.90. The lowest BCUT2D eigenvalue weighted by Gasteiger charge is -2.15. The Hall–Kier alpha value is -2.80. The van der Waals surface area contributed by atoms with Crippen molar-refractivity contribution in [1.82, 2.24) is 0 Å². The minimum atomic E-state index is 0.826. The molecule has 0 unspecified atom stereocenters. The number of nitrogens with two attached hydrogens (primary N) is 1. The molecule has 0 atom stereocenters. The molecular weight excluding hydrogens is 266 g/mol. The Morgan fingerprint density at radius 1 is 0.636 bits per heavy atom. The minimum absolute atomic E-state index is 0.826. The minimum Gasteiger partial charge on any atom is -0.399 e. The summed E-state index contributed by atoms with van der Waals surface area (Å²) < 4.78 is 0. The molecule has 0 saturated carbocycles. The highest BCUT2D eigenvalue weighted by Crippen LogP contribution is 2.41. The molecule has 0 aromatic heterocycles. The monoisotopic (exact) mass is 281 g/mol. The van der Waals surface area contributed by atoms with Crippen molar-refractivity contribution in [2.45, 2.75) is 6.92 Å². The van der Waals surface area contributed by atoms with Crippen molar-refractivity contribution in [3.63, 3.8) is 0 Å². The molecule has 2 N–H and O–H groups in total. The molecule has 0 aliphatic heterocycles. The SMILES string of the molecule is Cc1cc2cccc3c4cc(N)cc5cccc(c(c1)c23)c54. The highest BCUT2D eigenvalue weighted by atomic mass is 14.5. The van der Waals surface area contributed by atoms with E-state index in [1.807, 2.05) is 0 Å². The van der Waals surface area contributed by atoms with Crippen molar-refractivity contribution in [3.8, 4) is 0 Å². The van der Waals surface area contributed by atoms with E-state index in [-0.39, 0.29) is 0 Å². The van der Waals surface area contributed by atoms with E-state index in [1.54, 1.807) is 0 Å². The Bertz CT molecular complexity index is 1090. The molecular formula is C21H15N. The summed E-state index contributed by atoms with van der Waals surface area (Å²) in [6, 6.07) is 21.8. The van der Waals surface area contributed by atoms with Gasteiger partial charge in [0.2, 0.25) is 0 Å². The predicted molar refractivity (Wildman–Crippen MR) is 96.8 cm³/mol. The number of hydrogen-bond acceptors (Lipinski definition) is 1. The maximum Gasteiger partial charge on any atom is 0.0326 e. The summed E-state index contributed by atoms with van der Waals surface area (Å²) in [5.74, 6) is 0. The summed E-state index contributed by atoms with van der Waals surface area (Å²) in [6.45, 7) is 2.17. The lowest BCUT2D eigenvalue weighted by molar-refractivity contribution is 1.53. The highest BCUT2D eigenvalue weighted by molar-refractivity contribution is 6.33. The Morgan fingerprint density at radius 2 is 1.23 bits per heavy atom. The van der Waals surface area contributed by atoms with Crippen LogP contribution in [0.15, 0.2) is 60.7 Å². The van der Waals surface area contributed by atoms with Crippen molar-refractivity contribution >= 4 is 48.8 Å². The molecule has 0 fully saturated rings. The van der Waals surface area contributed by atoms with Crippen LogP contribution in [0.4, 0.5) is 5.69 Å². The van der Waals surface area contributed by atoms with Gasteiger partial charge in [0.15, 0.2) is 0 Å². The topological polar surface area (TPSA) is 26.0 Å². The first-order chi connectivity index (χ1) is 10.7. The van der Waals surface area contributed by atoms with Crippen LogP contribution in [0.3, 0.4) is 0 Å². The van der Waals surface area contributed by atoms with E-state index in [0.717, 1.165) is 5.69 Å². The molecule has 0 spiro atoms. The number of aryl methyl sites for hydroxylation is 1. The van der Waals surface area contributed by atoms with Crippen molar-refractivity contribution in [2.24, 2.45) is 0 Å².